The van der Waals surface area contributed by atoms with Crippen LogP contribution in [0, 0.1) is 13.8 Å². The summed E-state index contributed by atoms with van der Waals surface area (Å²) < 4.78 is 5.31. The van der Waals surface area contributed by atoms with Crippen molar-refractivity contribution in [3.8, 4) is 0 Å². The molecule has 0 aliphatic rings. The van der Waals surface area contributed by atoms with Crippen molar-refractivity contribution < 1.29 is 19.1 Å². The van der Waals surface area contributed by atoms with Gasteiger partial charge in [0, 0.05) is 12.2 Å². The third-order valence-corrected chi connectivity index (χ3v) is 6.41. The lowest BCUT2D eigenvalue weighted by Crippen LogP contribution is -2.47. The molecule has 0 fully saturated rings. The fourth-order valence-corrected chi connectivity index (χ4v) is 4.48. The van der Waals surface area contributed by atoms with Crippen molar-refractivity contribution >= 4 is 34.4 Å². The molecule has 0 bridgehead atoms. The van der Waals surface area contributed by atoms with Crippen molar-refractivity contribution in [2.75, 3.05) is 18.4 Å². The van der Waals surface area contributed by atoms with Gasteiger partial charge in [-0.15, -0.1) is 0 Å². The molecule has 3 rings (SSSR count). The predicted octanol–water partition coefficient (Wildman–Crippen LogP) is 6.68. The van der Waals surface area contributed by atoms with Crippen LogP contribution in [0.4, 0.5) is 10.5 Å². The smallest absolute Gasteiger partial charge is 0.408 e. The number of hydrogen-bond donors (Lipinski definition) is 2. The monoisotopic (exact) mass is 531 g/mol. The Hall–Kier alpha value is -3.87. The van der Waals surface area contributed by atoms with Gasteiger partial charge in [0.15, 0.2) is 0 Å². The lowest BCUT2D eigenvalue weighted by molar-refractivity contribution is -0.138. The third kappa shape index (κ3) is 8.57. The Labute approximate surface area is 231 Å². The Bertz CT molecular complexity index is 1310. The Morgan fingerprint density at radius 1 is 0.923 bits per heavy atom. The van der Waals surface area contributed by atoms with Gasteiger partial charge >= 0.3 is 6.09 Å². The topological polar surface area (TPSA) is 87.7 Å². The number of alkyl carbamates (subject to hydrolysis) is 1. The summed E-state index contributed by atoms with van der Waals surface area (Å²) in [6, 6.07) is 18.8. The van der Waals surface area contributed by atoms with E-state index in [1.165, 1.54) is 0 Å². The molecule has 3 aromatic carbocycles. The van der Waals surface area contributed by atoms with Crippen molar-refractivity contribution in [2.24, 2.45) is 0 Å². The molecule has 0 spiro atoms. The van der Waals surface area contributed by atoms with Gasteiger partial charge in [0.05, 0.1) is 0 Å². The number of hydrogen-bond acceptors (Lipinski definition) is 4. The van der Waals surface area contributed by atoms with Crippen LogP contribution in [0.15, 0.2) is 60.7 Å². The molecule has 208 valence electrons. The summed E-state index contributed by atoms with van der Waals surface area (Å²) in [5, 5.41) is 7.71. The third-order valence-electron chi connectivity index (χ3n) is 6.41. The molecule has 1 atom stereocenters. The summed E-state index contributed by atoms with van der Waals surface area (Å²) in [5.41, 5.74) is 2.63. The summed E-state index contributed by atoms with van der Waals surface area (Å²) in [5.74, 6) is -0.655. The Balaban J connectivity index is 1.95. The zero-order valence-electron chi connectivity index (χ0n) is 24.0. The zero-order valence-corrected chi connectivity index (χ0v) is 24.0. The molecule has 0 saturated heterocycles. The predicted molar refractivity (Wildman–Crippen MR) is 157 cm³/mol. The van der Waals surface area contributed by atoms with Crippen LogP contribution in [0.1, 0.15) is 69.7 Å². The maximum absolute atomic E-state index is 14.0. The lowest BCUT2D eigenvalue weighted by atomic mass is 9.96. The van der Waals surface area contributed by atoms with Crippen LogP contribution in [-0.4, -0.2) is 41.5 Å². The van der Waals surface area contributed by atoms with Crippen molar-refractivity contribution in [2.45, 2.75) is 72.4 Å². The highest BCUT2D eigenvalue weighted by atomic mass is 16.6. The van der Waals surface area contributed by atoms with E-state index in [0.29, 0.717) is 12.2 Å². The van der Waals surface area contributed by atoms with Crippen LogP contribution in [-0.2, 0) is 14.3 Å². The van der Waals surface area contributed by atoms with Gasteiger partial charge in [0.25, 0.3) is 5.91 Å². The number of amides is 3. The van der Waals surface area contributed by atoms with Gasteiger partial charge in [0.1, 0.15) is 18.2 Å². The number of nitrogens with one attached hydrogen (secondary N) is 2. The summed E-state index contributed by atoms with van der Waals surface area (Å²) in [7, 11) is 0. The van der Waals surface area contributed by atoms with E-state index in [1.54, 1.807) is 25.7 Å². The molecular formula is C32H41N3O4. The Morgan fingerprint density at radius 2 is 1.64 bits per heavy atom. The van der Waals surface area contributed by atoms with Gasteiger partial charge < -0.3 is 20.3 Å². The van der Waals surface area contributed by atoms with Crippen LogP contribution >= 0.6 is 0 Å². The quantitative estimate of drug-likeness (QED) is 0.286. The van der Waals surface area contributed by atoms with Crippen LogP contribution < -0.4 is 10.6 Å². The van der Waals surface area contributed by atoms with Crippen LogP contribution in [0.2, 0.25) is 0 Å². The molecule has 39 heavy (non-hydrogen) atoms. The number of rotatable bonds is 10. The van der Waals surface area contributed by atoms with E-state index in [2.05, 4.69) is 17.6 Å². The second-order valence-electron chi connectivity index (χ2n) is 11.0. The number of nitrogens with zero attached hydrogens (tertiary/aromatic N) is 1. The van der Waals surface area contributed by atoms with E-state index in [1.807, 2.05) is 74.5 Å². The van der Waals surface area contributed by atoms with E-state index in [9.17, 15) is 14.4 Å². The van der Waals surface area contributed by atoms with E-state index >= 15 is 0 Å². The first-order valence-corrected chi connectivity index (χ1v) is 13.6. The second-order valence-corrected chi connectivity index (χ2v) is 11.0. The number of anilines is 1. The molecule has 0 heterocycles. The number of ether oxygens (including phenoxy) is 1. The van der Waals surface area contributed by atoms with Crippen molar-refractivity contribution in [1.82, 2.24) is 10.2 Å². The molecule has 3 aromatic rings. The number of carbonyl (C=O) groups is 3. The highest BCUT2D eigenvalue weighted by molar-refractivity contribution is 6.00. The lowest BCUT2D eigenvalue weighted by Gasteiger charge is -2.33. The molecule has 0 saturated carbocycles. The highest BCUT2D eigenvalue weighted by Crippen LogP contribution is 2.28. The van der Waals surface area contributed by atoms with E-state index in [-0.39, 0.29) is 18.4 Å². The molecule has 2 N–H and O–H groups in total. The van der Waals surface area contributed by atoms with Gasteiger partial charge in [-0.2, -0.15) is 0 Å². The number of unbranched alkanes of at least 4 members (excludes halogenated alkanes) is 2. The van der Waals surface area contributed by atoms with Gasteiger partial charge in [-0.3, -0.25) is 9.59 Å². The van der Waals surface area contributed by atoms with Crippen LogP contribution in [0.25, 0.3) is 10.8 Å². The normalized spacial score (nSPS) is 12.1. The Kier molecular flexibility index (Phi) is 10.1. The zero-order chi connectivity index (χ0) is 28.6. The minimum Gasteiger partial charge on any atom is -0.444 e. The minimum absolute atomic E-state index is 0.272. The number of benzene rings is 3. The van der Waals surface area contributed by atoms with Gasteiger partial charge in [0.2, 0.25) is 5.91 Å². The molecule has 1 unspecified atom stereocenters. The first-order chi connectivity index (χ1) is 18.5. The average Bonchev–Trinajstić information content (AvgIpc) is 2.87. The molecule has 0 radical (unpaired) electrons. The number of aryl methyl sites for hydroxylation is 2. The first kappa shape index (κ1) is 29.7. The molecule has 0 aliphatic carbocycles. The summed E-state index contributed by atoms with van der Waals surface area (Å²) in [4.78, 5) is 41.5. The van der Waals surface area contributed by atoms with E-state index in [4.69, 9.17) is 4.74 Å². The maximum Gasteiger partial charge on any atom is 0.408 e. The first-order valence-electron chi connectivity index (χ1n) is 13.6. The van der Waals surface area contributed by atoms with Crippen molar-refractivity contribution in [3.05, 3.63) is 77.4 Å². The van der Waals surface area contributed by atoms with Crippen LogP contribution in [0.3, 0.4) is 0 Å². The summed E-state index contributed by atoms with van der Waals surface area (Å²) in [6.45, 7) is 11.4. The van der Waals surface area contributed by atoms with Gasteiger partial charge in [-0.25, -0.2) is 4.79 Å². The molecule has 0 aliphatic heterocycles. The number of carbonyl (C=O) groups excluding carboxylic acids is 3. The molecule has 7 heteroatoms. The minimum atomic E-state index is -0.874. The number of fused-ring (bicyclic) bond motifs is 1. The maximum atomic E-state index is 14.0. The molecule has 3 amide bonds. The standard InChI is InChI=1S/C32H41N3O4/c1-7-8-11-18-35(28(36)21-33-31(38)39-32(4,5)6)29(27-19-22(2)14-15-23(27)3)30(37)34-26-17-16-24-12-9-10-13-25(24)20-26/h9-10,12-17,19-20,29H,7-8,11,18,21H2,1-6H3,(H,33,38)(H,34,37). The largest absolute Gasteiger partial charge is 0.444 e. The Morgan fingerprint density at radius 3 is 2.33 bits per heavy atom. The van der Waals surface area contributed by atoms with Gasteiger partial charge in [-0.1, -0.05) is 73.9 Å². The fourth-order valence-electron chi connectivity index (χ4n) is 4.48. The molecule has 7 nitrogen and oxygen atoms in total. The SMILES string of the molecule is CCCCCN(C(=O)CNC(=O)OC(C)(C)C)C(C(=O)Nc1ccc2ccccc2c1)c1cc(C)ccc1C. The second kappa shape index (κ2) is 13.3. The highest BCUT2D eigenvalue weighted by Gasteiger charge is 2.33. The van der Waals surface area contributed by atoms with Crippen molar-refractivity contribution in [3.63, 3.8) is 0 Å². The van der Waals surface area contributed by atoms with E-state index in [0.717, 1.165) is 46.7 Å². The van der Waals surface area contributed by atoms with E-state index < -0.39 is 17.7 Å². The summed E-state index contributed by atoms with van der Waals surface area (Å²) >= 11 is 0. The average molecular weight is 532 g/mol. The van der Waals surface area contributed by atoms with Crippen molar-refractivity contribution in [1.29, 1.82) is 0 Å². The summed E-state index contributed by atoms with van der Waals surface area (Å²) in [6.07, 6.45) is 1.94. The van der Waals surface area contributed by atoms with Gasteiger partial charge in [-0.05, 0) is 75.1 Å². The van der Waals surface area contributed by atoms with Crippen LogP contribution in [0.5, 0.6) is 0 Å². The molecule has 0 aromatic heterocycles. The fraction of sp³-hybridized carbons (Fsp3) is 0.406. The molecular weight excluding hydrogens is 490 g/mol.